The molecule has 1 aliphatic carbocycles. The lowest BCUT2D eigenvalue weighted by Crippen LogP contribution is -2.45. The van der Waals surface area contributed by atoms with Gasteiger partial charge >= 0.3 is 0 Å². The molecule has 5 heteroatoms. The van der Waals surface area contributed by atoms with Gasteiger partial charge in [0.05, 0.1) is 0 Å². The Hall–Kier alpha value is -1.65. The van der Waals surface area contributed by atoms with Gasteiger partial charge < -0.3 is 11.1 Å². The second-order valence-corrected chi connectivity index (χ2v) is 5.32. The highest BCUT2D eigenvalue weighted by atomic mass is 16.1. The van der Waals surface area contributed by atoms with E-state index in [9.17, 15) is 4.79 Å². The van der Waals surface area contributed by atoms with Crippen molar-refractivity contribution >= 4 is 11.7 Å². The zero-order valence-electron chi connectivity index (χ0n) is 11.0. The largest absolute Gasteiger partial charge is 0.368 e. The first kappa shape index (κ1) is 12.8. The molecule has 0 saturated carbocycles. The van der Waals surface area contributed by atoms with E-state index in [1.54, 1.807) is 20.2 Å². The van der Waals surface area contributed by atoms with Crippen molar-refractivity contribution in [3.05, 3.63) is 17.6 Å². The Morgan fingerprint density at radius 1 is 1.28 bits per heavy atom. The summed E-state index contributed by atoms with van der Waals surface area (Å²) in [5, 5.41) is 3.15. The fourth-order valence-corrected chi connectivity index (χ4v) is 2.16. The maximum Gasteiger partial charge on any atom is 0.242 e. The molecule has 98 valence electrons. The topological polar surface area (TPSA) is 80.9 Å². The molecule has 0 unspecified atom stereocenters. The fraction of sp³-hybridized carbons (Fsp3) is 0.615. The fourth-order valence-electron chi connectivity index (χ4n) is 2.16. The third-order valence-corrected chi connectivity index (χ3v) is 3.42. The van der Waals surface area contributed by atoms with Crippen molar-refractivity contribution in [2.45, 2.75) is 51.5 Å². The maximum absolute atomic E-state index is 11.4. The van der Waals surface area contributed by atoms with E-state index in [4.69, 9.17) is 5.73 Å². The minimum Gasteiger partial charge on any atom is -0.368 e. The van der Waals surface area contributed by atoms with Crippen molar-refractivity contribution < 1.29 is 4.79 Å². The molecule has 3 N–H and O–H groups in total. The summed E-state index contributed by atoms with van der Waals surface area (Å²) < 4.78 is 0. The summed E-state index contributed by atoms with van der Waals surface area (Å²) in [6, 6.07) is 0. The van der Waals surface area contributed by atoms with Gasteiger partial charge in [0.25, 0.3) is 0 Å². The van der Waals surface area contributed by atoms with E-state index in [-0.39, 0.29) is 5.91 Å². The van der Waals surface area contributed by atoms with Crippen LogP contribution >= 0.6 is 0 Å². The van der Waals surface area contributed by atoms with Gasteiger partial charge in [-0.2, -0.15) is 0 Å². The molecular formula is C13H20N4O. The SMILES string of the molecule is CC(C)(Nc1ncnc2c1CCCCC2)C(N)=O. The number of carbonyl (C=O) groups is 1. The van der Waals surface area contributed by atoms with Crippen LogP contribution in [0.5, 0.6) is 0 Å². The van der Waals surface area contributed by atoms with Gasteiger partial charge in [-0.1, -0.05) is 6.42 Å². The molecule has 1 amide bonds. The number of nitrogens with zero attached hydrogens (tertiary/aromatic N) is 2. The van der Waals surface area contributed by atoms with Gasteiger partial charge in [0, 0.05) is 11.3 Å². The molecular weight excluding hydrogens is 228 g/mol. The molecule has 18 heavy (non-hydrogen) atoms. The van der Waals surface area contributed by atoms with Crippen LogP contribution in [0, 0.1) is 0 Å². The molecule has 0 radical (unpaired) electrons. The summed E-state index contributed by atoms with van der Waals surface area (Å²) in [5.41, 5.74) is 6.83. The molecule has 0 spiro atoms. The van der Waals surface area contributed by atoms with E-state index >= 15 is 0 Å². The molecule has 1 aromatic heterocycles. The Balaban J connectivity index is 2.31. The average Bonchev–Trinajstić information content (AvgIpc) is 2.54. The predicted octanol–water partition coefficient (Wildman–Crippen LogP) is 1.42. The zero-order chi connectivity index (χ0) is 13.2. The number of aryl methyl sites for hydroxylation is 1. The molecule has 0 saturated heterocycles. The number of nitrogens with one attached hydrogen (secondary N) is 1. The van der Waals surface area contributed by atoms with Crippen LogP contribution in [-0.2, 0) is 17.6 Å². The molecule has 0 aromatic carbocycles. The second kappa shape index (κ2) is 4.92. The smallest absolute Gasteiger partial charge is 0.242 e. The normalized spacial score (nSPS) is 15.7. The summed E-state index contributed by atoms with van der Waals surface area (Å²) in [7, 11) is 0. The number of fused-ring (bicyclic) bond motifs is 1. The molecule has 1 aromatic rings. The Morgan fingerprint density at radius 2 is 2.00 bits per heavy atom. The van der Waals surface area contributed by atoms with Crippen molar-refractivity contribution in [3.8, 4) is 0 Å². The molecule has 1 heterocycles. The number of hydrogen-bond acceptors (Lipinski definition) is 4. The number of aromatic nitrogens is 2. The highest BCUT2D eigenvalue weighted by Gasteiger charge is 2.27. The van der Waals surface area contributed by atoms with E-state index < -0.39 is 5.54 Å². The first-order valence-electron chi connectivity index (χ1n) is 6.41. The Labute approximate surface area is 107 Å². The molecule has 0 atom stereocenters. The number of nitrogens with two attached hydrogens (primary N) is 1. The molecule has 0 fully saturated rings. The van der Waals surface area contributed by atoms with Crippen molar-refractivity contribution in [3.63, 3.8) is 0 Å². The molecule has 0 bridgehead atoms. The first-order valence-corrected chi connectivity index (χ1v) is 6.41. The van der Waals surface area contributed by atoms with E-state index in [0.717, 1.165) is 36.3 Å². The average molecular weight is 248 g/mol. The second-order valence-electron chi connectivity index (χ2n) is 5.32. The van der Waals surface area contributed by atoms with Crippen LogP contribution < -0.4 is 11.1 Å². The van der Waals surface area contributed by atoms with Crippen LogP contribution in [0.15, 0.2) is 6.33 Å². The van der Waals surface area contributed by atoms with Crippen LogP contribution in [0.25, 0.3) is 0 Å². The standard InChI is InChI=1S/C13H20N4O/c1-13(2,12(14)18)17-11-9-6-4-3-5-7-10(9)15-8-16-11/h8H,3-7H2,1-2H3,(H2,14,18)(H,15,16,17). The molecule has 0 aliphatic heterocycles. The van der Waals surface area contributed by atoms with Crippen LogP contribution in [0.1, 0.15) is 44.4 Å². The third kappa shape index (κ3) is 2.60. The van der Waals surface area contributed by atoms with Gasteiger partial charge in [-0.05, 0) is 39.5 Å². The van der Waals surface area contributed by atoms with Crippen molar-refractivity contribution in [1.29, 1.82) is 0 Å². The third-order valence-electron chi connectivity index (χ3n) is 3.42. The van der Waals surface area contributed by atoms with Crippen LogP contribution in [0.3, 0.4) is 0 Å². The minimum atomic E-state index is -0.797. The van der Waals surface area contributed by atoms with Crippen LogP contribution in [-0.4, -0.2) is 21.4 Å². The van der Waals surface area contributed by atoms with Crippen molar-refractivity contribution in [2.75, 3.05) is 5.32 Å². The maximum atomic E-state index is 11.4. The van der Waals surface area contributed by atoms with Crippen LogP contribution in [0.4, 0.5) is 5.82 Å². The summed E-state index contributed by atoms with van der Waals surface area (Å²) in [5.74, 6) is 0.370. The van der Waals surface area contributed by atoms with Gasteiger partial charge in [-0.25, -0.2) is 9.97 Å². The number of carbonyl (C=O) groups excluding carboxylic acids is 1. The van der Waals surface area contributed by atoms with Gasteiger partial charge in [-0.3, -0.25) is 4.79 Å². The van der Waals surface area contributed by atoms with Gasteiger partial charge in [0.15, 0.2) is 0 Å². The highest BCUT2D eigenvalue weighted by molar-refractivity contribution is 5.86. The molecule has 5 nitrogen and oxygen atoms in total. The Kier molecular flexibility index (Phi) is 3.50. The number of amides is 1. The quantitative estimate of drug-likeness (QED) is 0.793. The number of hydrogen-bond donors (Lipinski definition) is 2. The van der Waals surface area contributed by atoms with Crippen LogP contribution in [0.2, 0.25) is 0 Å². The molecule has 2 rings (SSSR count). The summed E-state index contributed by atoms with van der Waals surface area (Å²) >= 11 is 0. The van der Waals surface area contributed by atoms with Gasteiger partial charge in [0.1, 0.15) is 17.7 Å². The first-order chi connectivity index (χ1) is 8.50. The monoisotopic (exact) mass is 248 g/mol. The summed E-state index contributed by atoms with van der Waals surface area (Å²) in [4.78, 5) is 20.0. The lowest BCUT2D eigenvalue weighted by atomic mass is 10.0. The summed E-state index contributed by atoms with van der Waals surface area (Å²) in [6.45, 7) is 3.53. The summed E-state index contributed by atoms with van der Waals surface area (Å²) in [6.07, 6.45) is 7.05. The lowest BCUT2D eigenvalue weighted by Gasteiger charge is -2.24. The molecule has 1 aliphatic rings. The van der Waals surface area contributed by atoms with Crippen molar-refractivity contribution in [1.82, 2.24) is 9.97 Å². The van der Waals surface area contributed by atoms with E-state index in [1.807, 2.05) is 0 Å². The van der Waals surface area contributed by atoms with E-state index in [1.165, 1.54) is 12.8 Å². The van der Waals surface area contributed by atoms with E-state index in [0.29, 0.717) is 0 Å². The Bertz CT molecular complexity index is 456. The van der Waals surface area contributed by atoms with Crippen molar-refractivity contribution in [2.24, 2.45) is 5.73 Å². The number of rotatable bonds is 3. The minimum absolute atomic E-state index is 0.386. The Morgan fingerprint density at radius 3 is 2.72 bits per heavy atom. The highest BCUT2D eigenvalue weighted by Crippen LogP contribution is 2.25. The lowest BCUT2D eigenvalue weighted by molar-refractivity contribution is -0.121. The number of anilines is 1. The van der Waals surface area contributed by atoms with Gasteiger partial charge in [-0.15, -0.1) is 0 Å². The van der Waals surface area contributed by atoms with E-state index in [2.05, 4.69) is 15.3 Å². The predicted molar refractivity (Wildman–Crippen MR) is 70.2 cm³/mol. The van der Waals surface area contributed by atoms with Gasteiger partial charge in [0.2, 0.25) is 5.91 Å². The zero-order valence-corrected chi connectivity index (χ0v) is 11.0. The number of primary amides is 1.